The summed E-state index contributed by atoms with van der Waals surface area (Å²) in [4.78, 5) is 8.45. The van der Waals surface area contributed by atoms with Crippen molar-refractivity contribution in [1.82, 2.24) is 9.97 Å². The van der Waals surface area contributed by atoms with Crippen LogP contribution in [0, 0.1) is 27.7 Å². The summed E-state index contributed by atoms with van der Waals surface area (Å²) in [5, 5.41) is 0. The van der Waals surface area contributed by atoms with E-state index in [0.29, 0.717) is 0 Å². The maximum absolute atomic E-state index is 4.22. The fourth-order valence-corrected chi connectivity index (χ4v) is 0.940. The molecular formula is C16H36N2. The van der Waals surface area contributed by atoms with Crippen molar-refractivity contribution in [2.45, 2.75) is 83.1 Å². The molecule has 0 saturated carbocycles. The van der Waals surface area contributed by atoms with Crippen LogP contribution in [0.25, 0.3) is 0 Å². The molecule has 1 rings (SSSR count). The van der Waals surface area contributed by atoms with Gasteiger partial charge in [0.05, 0.1) is 0 Å². The van der Waals surface area contributed by atoms with E-state index in [1.807, 2.05) is 83.1 Å². The lowest BCUT2D eigenvalue weighted by atomic mass is 10.2. The third-order valence-corrected chi connectivity index (χ3v) is 1.74. The fourth-order valence-electron chi connectivity index (χ4n) is 0.940. The second-order valence-electron chi connectivity index (χ2n) is 2.57. The Hall–Kier alpha value is -0.920. The summed E-state index contributed by atoms with van der Waals surface area (Å²) in [6.45, 7) is 24.0. The summed E-state index contributed by atoms with van der Waals surface area (Å²) in [5.74, 6) is 0.862. The van der Waals surface area contributed by atoms with Gasteiger partial charge in [-0.15, -0.1) is 0 Å². The van der Waals surface area contributed by atoms with E-state index in [0.717, 1.165) is 17.2 Å². The van der Waals surface area contributed by atoms with Crippen LogP contribution < -0.4 is 0 Å². The van der Waals surface area contributed by atoms with Gasteiger partial charge in [0.25, 0.3) is 0 Å². The van der Waals surface area contributed by atoms with E-state index in [4.69, 9.17) is 0 Å². The first-order chi connectivity index (χ1) is 8.61. The summed E-state index contributed by atoms with van der Waals surface area (Å²) in [5.41, 5.74) is 3.38. The second kappa shape index (κ2) is 21.4. The summed E-state index contributed by atoms with van der Waals surface area (Å²) in [6, 6.07) is 0. The minimum Gasteiger partial charge on any atom is -0.238 e. The third kappa shape index (κ3) is 13.1. The zero-order valence-electron chi connectivity index (χ0n) is 14.9. The van der Waals surface area contributed by atoms with Gasteiger partial charge in [-0.25, -0.2) is 9.97 Å². The molecule has 0 aliphatic heterocycles. The molecule has 0 atom stereocenters. The van der Waals surface area contributed by atoms with Gasteiger partial charge in [0.1, 0.15) is 5.82 Å². The molecule has 0 aliphatic rings. The van der Waals surface area contributed by atoms with Crippen molar-refractivity contribution in [2.75, 3.05) is 0 Å². The van der Waals surface area contributed by atoms with E-state index in [9.17, 15) is 0 Å². The van der Waals surface area contributed by atoms with Gasteiger partial charge in [0, 0.05) is 11.4 Å². The van der Waals surface area contributed by atoms with Crippen LogP contribution in [0.5, 0.6) is 0 Å². The van der Waals surface area contributed by atoms with Gasteiger partial charge in [0.15, 0.2) is 0 Å². The lowest BCUT2D eigenvalue weighted by Gasteiger charge is -2.02. The molecule has 0 aliphatic carbocycles. The molecule has 18 heavy (non-hydrogen) atoms. The highest BCUT2D eigenvalue weighted by atomic mass is 14.9. The molecule has 1 heterocycles. The van der Waals surface area contributed by atoms with Crippen molar-refractivity contribution in [2.24, 2.45) is 0 Å². The molecule has 0 N–H and O–H groups in total. The highest BCUT2D eigenvalue weighted by molar-refractivity contribution is 5.21. The Morgan fingerprint density at radius 3 is 0.944 bits per heavy atom. The van der Waals surface area contributed by atoms with Crippen molar-refractivity contribution < 1.29 is 0 Å². The van der Waals surface area contributed by atoms with Crippen molar-refractivity contribution in [3.05, 3.63) is 22.8 Å². The highest BCUT2D eigenvalue weighted by Crippen LogP contribution is 2.06. The molecule has 2 heteroatoms. The summed E-state index contributed by atoms with van der Waals surface area (Å²) < 4.78 is 0. The van der Waals surface area contributed by atoms with Crippen LogP contribution in [0.1, 0.15) is 78.2 Å². The monoisotopic (exact) mass is 256 g/mol. The molecule has 0 unspecified atom stereocenters. The van der Waals surface area contributed by atoms with Crippen molar-refractivity contribution in [3.63, 3.8) is 0 Å². The molecule has 0 spiro atoms. The lowest BCUT2D eigenvalue weighted by molar-refractivity contribution is 0.948. The van der Waals surface area contributed by atoms with E-state index in [1.165, 1.54) is 5.56 Å². The molecule has 0 saturated heterocycles. The second-order valence-corrected chi connectivity index (χ2v) is 2.57. The molecule has 1 aromatic rings. The van der Waals surface area contributed by atoms with Gasteiger partial charge >= 0.3 is 0 Å². The highest BCUT2D eigenvalue weighted by Gasteiger charge is 1.99. The smallest absolute Gasteiger partial charge is 0.125 e. The standard InChI is InChI=1S/C8H12N2.4C2H6/c1-5-6(2)9-8(4)10-7(5)3;4*1-2/h1-4H3;4*1-2H3. The molecule has 0 amide bonds. The summed E-state index contributed by atoms with van der Waals surface area (Å²) in [6.07, 6.45) is 0. The SMILES string of the molecule is CC.CC.CC.CC.Cc1nc(C)c(C)c(C)n1. The number of nitrogens with zero attached hydrogens (tertiary/aromatic N) is 2. The van der Waals surface area contributed by atoms with Gasteiger partial charge in [-0.2, -0.15) is 0 Å². The maximum Gasteiger partial charge on any atom is 0.125 e. The summed E-state index contributed by atoms with van der Waals surface area (Å²) in [7, 11) is 0. The van der Waals surface area contributed by atoms with Crippen molar-refractivity contribution in [3.8, 4) is 0 Å². The Bertz CT molecular complexity index is 232. The van der Waals surface area contributed by atoms with Crippen molar-refractivity contribution >= 4 is 0 Å². The topological polar surface area (TPSA) is 25.8 Å². The van der Waals surface area contributed by atoms with E-state index >= 15 is 0 Å². The lowest BCUT2D eigenvalue weighted by Crippen LogP contribution is -1.97. The van der Waals surface area contributed by atoms with Gasteiger partial charge in [-0.05, 0) is 33.3 Å². The van der Waals surface area contributed by atoms with Gasteiger partial charge in [-0.1, -0.05) is 55.4 Å². The Morgan fingerprint density at radius 1 is 0.500 bits per heavy atom. The molecule has 110 valence electrons. The van der Waals surface area contributed by atoms with E-state index in [1.54, 1.807) is 0 Å². The number of aryl methyl sites for hydroxylation is 3. The van der Waals surface area contributed by atoms with E-state index in [-0.39, 0.29) is 0 Å². The van der Waals surface area contributed by atoms with Crippen molar-refractivity contribution in [1.29, 1.82) is 0 Å². The van der Waals surface area contributed by atoms with Crippen LogP contribution in [0.2, 0.25) is 0 Å². The normalized spacial score (nSPS) is 6.89. The number of hydrogen-bond donors (Lipinski definition) is 0. The Balaban J connectivity index is -0.000000105. The van der Waals surface area contributed by atoms with E-state index in [2.05, 4.69) is 9.97 Å². The molecule has 0 radical (unpaired) electrons. The Morgan fingerprint density at radius 2 is 0.722 bits per heavy atom. The molecule has 0 aromatic carbocycles. The molecule has 2 nitrogen and oxygen atoms in total. The Kier molecular flexibility index (Phi) is 30.7. The van der Waals surface area contributed by atoms with Crippen LogP contribution in [-0.4, -0.2) is 9.97 Å². The quantitative estimate of drug-likeness (QED) is 0.585. The molecule has 0 fully saturated rings. The predicted octanol–water partition coefficient (Wildman–Crippen LogP) is 5.82. The average molecular weight is 256 g/mol. The van der Waals surface area contributed by atoms with Crippen LogP contribution >= 0.6 is 0 Å². The predicted molar refractivity (Wildman–Crippen MR) is 86.4 cm³/mol. The zero-order chi connectivity index (χ0) is 15.7. The van der Waals surface area contributed by atoms with Crippen LogP contribution in [-0.2, 0) is 0 Å². The molecular weight excluding hydrogens is 220 g/mol. The van der Waals surface area contributed by atoms with Gasteiger partial charge < -0.3 is 0 Å². The largest absolute Gasteiger partial charge is 0.238 e. The van der Waals surface area contributed by atoms with Gasteiger partial charge in [-0.3, -0.25) is 0 Å². The maximum atomic E-state index is 4.22. The first-order valence-electron chi connectivity index (χ1n) is 7.39. The van der Waals surface area contributed by atoms with Crippen LogP contribution in [0.4, 0.5) is 0 Å². The minimum absolute atomic E-state index is 0.862. The molecule has 1 aromatic heterocycles. The number of aromatic nitrogens is 2. The summed E-state index contributed by atoms with van der Waals surface area (Å²) >= 11 is 0. The first-order valence-corrected chi connectivity index (χ1v) is 7.39. The minimum atomic E-state index is 0.862. The fraction of sp³-hybridized carbons (Fsp3) is 0.750. The van der Waals surface area contributed by atoms with Crippen LogP contribution in [0.3, 0.4) is 0 Å². The third-order valence-electron chi connectivity index (χ3n) is 1.74. The van der Waals surface area contributed by atoms with Gasteiger partial charge in [0.2, 0.25) is 0 Å². The molecule has 0 bridgehead atoms. The first kappa shape index (κ1) is 25.8. The Labute approximate surface area is 116 Å². The van der Waals surface area contributed by atoms with Crippen LogP contribution in [0.15, 0.2) is 0 Å². The zero-order valence-corrected chi connectivity index (χ0v) is 14.9. The number of hydrogen-bond acceptors (Lipinski definition) is 2. The number of rotatable bonds is 0. The average Bonchev–Trinajstić information content (AvgIpc) is 2.45. The van der Waals surface area contributed by atoms with E-state index < -0.39 is 0 Å².